The molecule has 3 nitrogen and oxygen atoms in total. The first-order chi connectivity index (χ1) is 7.38. The smallest absolute Gasteiger partial charge is 0.0469 e. The molecule has 0 saturated carbocycles. The average molecular weight is 212 g/mol. The predicted molar refractivity (Wildman–Crippen MR) is 62.1 cm³/mol. The van der Waals surface area contributed by atoms with E-state index in [1.54, 1.807) is 0 Å². The molecule has 0 aromatic carbocycles. The van der Waals surface area contributed by atoms with Crippen molar-refractivity contribution in [1.29, 1.82) is 0 Å². The largest absolute Gasteiger partial charge is 0.381 e. The summed E-state index contributed by atoms with van der Waals surface area (Å²) in [5.41, 5.74) is 0. The summed E-state index contributed by atoms with van der Waals surface area (Å²) >= 11 is 0. The van der Waals surface area contributed by atoms with Gasteiger partial charge in [-0.3, -0.25) is 0 Å². The highest BCUT2D eigenvalue weighted by Gasteiger charge is 2.20. The van der Waals surface area contributed by atoms with Gasteiger partial charge in [-0.25, -0.2) is 0 Å². The maximum atomic E-state index is 5.40. The Morgan fingerprint density at radius 2 is 1.60 bits per heavy atom. The lowest BCUT2D eigenvalue weighted by Gasteiger charge is -2.36. The van der Waals surface area contributed by atoms with Gasteiger partial charge in [0, 0.05) is 45.9 Å². The lowest BCUT2D eigenvalue weighted by molar-refractivity contribution is 0.0428. The van der Waals surface area contributed by atoms with Crippen LogP contribution in [-0.4, -0.2) is 62.3 Å². The van der Waals surface area contributed by atoms with E-state index in [0.29, 0.717) is 0 Å². The predicted octanol–water partition coefficient (Wildman–Crippen LogP) is 1.05. The number of likely N-dealkylation sites (N-methyl/N-ethyl adjacent to an activating group) is 1. The van der Waals surface area contributed by atoms with Crippen LogP contribution < -0.4 is 0 Å². The molecule has 0 amide bonds. The van der Waals surface area contributed by atoms with Crippen molar-refractivity contribution in [3.63, 3.8) is 0 Å². The van der Waals surface area contributed by atoms with Crippen molar-refractivity contribution >= 4 is 0 Å². The molecule has 0 aromatic rings. The van der Waals surface area contributed by atoms with E-state index in [2.05, 4.69) is 16.7 Å². The van der Waals surface area contributed by atoms with E-state index in [1.165, 1.54) is 52.1 Å². The lowest BCUT2D eigenvalue weighted by atomic mass is 9.99. The van der Waals surface area contributed by atoms with Gasteiger partial charge in [-0.1, -0.05) is 6.92 Å². The van der Waals surface area contributed by atoms with Crippen LogP contribution in [0.15, 0.2) is 0 Å². The van der Waals surface area contributed by atoms with E-state index >= 15 is 0 Å². The molecule has 0 radical (unpaired) electrons. The molecule has 2 aliphatic heterocycles. The lowest BCUT2D eigenvalue weighted by Crippen LogP contribution is -2.47. The standard InChI is InChI=1S/C12H24N2O/c1-2-13-5-7-14(8-6-13)11-12-3-9-15-10-4-12/h12H,2-11H2,1H3. The summed E-state index contributed by atoms with van der Waals surface area (Å²) in [6.07, 6.45) is 2.54. The molecule has 0 unspecified atom stereocenters. The van der Waals surface area contributed by atoms with E-state index < -0.39 is 0 Å². The molecule has 2 saturated heterocycles. The van der Waals surface area contributed by atoms with Crippen LogP contribution in [0.4, 0.5) is 0 Å². The van der Waals surface area contributed by atoms with Crippen LogP contribution in [0, 0.1) is 5.92 Å². The van der Waals surface area contributed by atoms with Gasteiger partial charge in [0.1, 0.15) is 0 Å². The van der Waals surface area contributed by atoms with Crippen molar-refractivity contribution in [3.8, 4) is 0 Å². The summed E-state index contributed by atoms with van der Waals surface area (Å²) in [7, 11) is 0. The van der Waals surface area contributed by atoms with Gasteiger partial charge < -0.3 is 14.5 Å². The molecule has 0 spiro atoms. The van der Waals surface area contributed by atoms with Gasteiger partial charge in [-0.15, -0.1) is 0 Å². The zero-order valence-electron chi connectivity index (χ0n) is 9.95. The van der Waals surface area contributed by atoms with Gasteiger partial charge in [0.2, 0.25) is 0 Å². The van der Waals surface area contributed by atoms with Gasteiger partial charge in [0.05, 0.1) is 0 Å². The molecule has 2 fully saturated rings. The second-order valence-electron chi connectivity index (χ2n) is 4.79. The second-order valence-corrected chi connectivity index (χ2v) is 4.79. The molecular weight excluding hydrogens is 188 g/mol. The van der Waals surface area contributed by atoms with Crippen molar-refractivity contribution in [2.24, 2.45) is 5.92 Å². The molecule has 88 valence electrons. The summed E-state index contributed by atoms with van der Waals surface area (Å²) in [6, 6.07) is 0. The summed E-state index contributed by atoms with van der Waals surface area (Å²) < 4.78 is 5.40. The number of nitrogens with zero attached hydrogens (tertiary/aromatic N) is 2. The Balaban J connectivity index is 1.67. The highest BCUT2D eigenvalue weighted by molar-refractivity contribution is 4.75. The fourth-order valence-corrected chi connectivity index (χ4v) is 2.58. The molecule has 0 aromatic heterocycles. The van der Waals surface area contributed by atoms with Gasteiger partial charge in [-0.05, 0) is 25.3 Å². The Morgan fingerprint density at radius 3 is 2.20 bits per heavy atom. The first-order valence-electron chi connectivity index (χ1n) is 6.41. The molecule has 0 aliphatic carbocycles. The average Bonchev–Trinajstić information content (AvgIpc) is 2.31. The monoisotopic (exact) mass is 212 g/mol. The van der Waals surface area contributed by atoms with Crippen LogP contribution in [0.3, 0.4) is 0 Å². The van der Waals surface area contributed by atoms with E-state index in [0.717, 1.165) is 19.1 Å². The van der Waals surface area contributed by atoms with Gasteiger partial charge in [0.15, 0.2) is 0 Å². The van der Waals surface area contributed by atoms with Crippen molar-refractivity contribution in [2.75, 3.05) is 52.5 Å². The summed E-state index contributed by atoms with van der Waals surface area (Å²) in [4.78, 5) is 5.18. The fourth-order valence-electron chi connectivity index (χ4n) is 2.58. The Hall–Kier alpha value is -0.120. The third kappa shape index (κ3) is 3.44. The number of rotatable bonds is 3. The van der Waals surface area contributed by atoms with Crippen LogP contribution in [0.1, 0.15) is 19.8 Å². The molecular formula is C12H24N2O. The van der Waals surface area contributed by atoms with E-state index in [9.17, 15) is 0 Å². The molecule has 3 heteroatoms. The quantitative estimate of drug-likeness (QED) is 0.695. The first-order valence-corrected chi connectivity index (χ1v) is 6.41. The Kier molecular flexibility index (Phi) is 4.42. The zero-order valence-corrected chi connectivity index (χ0v) is 9.95. The number of ether oxygens (including phenoxy) is 1. The molecule has 0 bridgehead atoms. The van der Waals surface area contributed by atoms with Gasteiger partial charge in [0.25, 0.3) is 0 Å². The minimum atomic E-state index is 0.895. The van der Waals surface area contributed by atoms with Crippen molar-refractivity contribution in [1.82, 2.24) is 9.80 Å². The third-order valence-corrected chi connectivity index (χ3v) is 3.77. The van der Waals surface area contributed by atoms with Crippen LogP contribution in [0.5, 0.6) is 0 Å². The number of piperazine rings is 1. The number of hydrogen-bond donors (Lipinski definition) is 0. The van der Waals surface area contributed by atoms with Gasteiger partial charge >= 0.3 is 0 Å². The normalized spacial score (nSPS) is 27.0. The molecule has 0 atom stereocenters. The molecule has 2 aliphatic rings. The third-order valence-electron chi connectivity index (χ3n) is 3.77. The van der Waals surface area contributed by atoms with E-state index in [4.69, 9.17) is 4.74 Å². The Bertz CT molecular complexity index is 172. The minimum Gasteiger partial charge on any atom is -0.381 e. The summed E-state index contributed by atoms with van der Waals surface area (Å²) in [5.74, 6) is 0.895. The summed E-state index contributed by atoms with van der Waals surface area (Å²) in [6.45, 7) is 11.8. The minimum absolute atomic E-state index is 0.895. The molecule has 0 N–H and O–H groups in total. The van der Waals surface area contributed by atoms with Crippen LogP contribution >= 0.6 is 0 Å². The van der Waals surface area contributed by atoms with Crippen molar-refractivity contribution < 1.29 is 4.74 Å². The zero-order chi connectivity index (χ0) is 10.5. The number of hydrogen-bond acceptors (Lipinski definition) is 3. The van der Waals surface area contributed by atoms with Crippen LogP contribution in [0.2, 0.25) is 0 Å². The fraction of sp³-hybridized carbons (Fsp3) is 1.00. The summed E-state index contributed by atoms with van der Waals surface area (Å²) in [5, 5.41) is 0. The van der Waals surface area contributed by atoms with Crippen LogP contribution in [-0.2, 0) is 4.74 Å². The second kappa shape index (κ2) is 5.83. The van der Waals surface area contributed by atoms with Gasteiger partial charge in [-0.2, -0.15) is 0 Å². The highest BCUT2D eigenvalue weighted by Crippen LogP contribution is 2.16. The Labute approximate surface area is 93.4 Å². The molecule has 2 heterocycles. The highest BCUT2D eigenvalue weighted by atomic mass is 16.5. The SMILES string of the molecule is CCN1CCN(CC2CCOCC2)CC1. The van der Waals surface area contributed by atoms with Crippen LogP contribution in [0.25, 0.3) is 0 Å². The first kappa shape index (κ1) is 11.4. The Morgan fingerprint density at radius 1 is 1.00 bits per heavy atom. The van der Waals surface area contributed by atoms with Crippen molar-refractivity contribution in [3.05, 3.63) is 0 Å². The topological polar surface area (TPSA) is 15.7 Å². The maximum absolute atomic E-state index is 5.40. The maximum Gasteiger partial charge on any atom is 0.0469 e. The van der Waals surface area contributed by atoms with Crippen molar-refractivity contribution in [2.45, 2.75) is 19.8 Å². The molecule has 15 heavy (non-hydrogen) atoms. The van der Waals surface area contributed by atoms with E-state index in [1.807, 2.05) is 0 Å². The molecule has 2 rings (SSSR count). The van der Waals surface area contributed by atoms with E-state index in [-0.39, 0.29) is 0 Å².